The van der Waals surface area contributed by atoms with Gasteiger partial charge in [-0.25, -0.2) is 4.39 Å². The Balaban J connectivity index is 2.58. The highest BCUT2D eigenvalue weighted by molar-refractivity contribution is 9.10. The van der Waals surface area contributed by atoms with Crippen LogP contribution in [0.4, 0.5) is 4.39 Å². The van der Waals surface area contributed by atoms with Crippen LogP contribution in [-0.2, 0) is 6.54 Å². The molecule has 4 nitrogen and oxygen atoms in total. The summed E-state index contributed by atoms with van der Waals surface area (Å²) in [6.45, 7) is 0.0975. The molecule has 1 aromatic heterocycles. The lowest BCUT2D eigenvalue weighted by Crippen LogP contribution is -1.96. The van der Waals surface area contributed by atoms with Crippen molar-refractivity contribution in [1.29, 1.82) is 0 Å². The largest absolute Gasteiger partial charge is 0.338 e. The molecule has 0 saturated carbocycles. The molecule has 0 aliphatic heterocycles. The Morgan fingerprint density at radius 2 is 2.25 bits per heavy atom. The molecule has 0 bridgehead atoms. The molecule has 0 atom stereocenters. The van der Waals surface area contributed by atoms with Crippen molar-refractivity contribution in [3.63, 3.8) is 0 Å². The van der Waals surface area contributed by atoms with Crippen LogP contribution in [0, 0.1) is 5.82 Å². The highest BCUT2D eigenvalue weighted by Gasteiger charge is 2.17. The normalized spacial score (nSPS) is 10.8. The molecule has 7 heteroatoms. The molecule has 0 spiro atoms. The molecule has 16 heavy (non-hydrogen) atoms. The number of benzene rings is 1. The van der Waals surface area contributed by atoms with Crippen LogP contribution >= 0.6 is 27.5 Å². The van der Waals surface area contributed by atoms with Gasteiger partial charge in [0.1, 0.15) is 5.82 Å². The van der Waals surface area contributed by atoms with Crippen molar-refractivity contribution in [3.8, 4) is 11.4 Å². The van der Waals surface area contributed by atoms with Crippen LogP contribution in [0.3, 0.4) is 0 Å². The summed E-state index contributed by atoms with van der Waals surface area (Å²) in [5, 5.41) is 3.81. The topological polar surface area (TPSA) is 64.9 Å². The van der Waals surface area contributed by atoms with Crippen molar-refractivity contribution in [2.45, 2.75) is 6.54 Å². The molecule has 0 unspecified atom stereocenters. The zero-order valence-electron chi connectivity index (χ0n) is 7.88. The number of aromatic nitrogens is 2. The summed E-state index contributed by atoms with van der Waals surface area (Å²) in [7, 11) is 0. The van der Waals surface area contributed by atoms with Gasteiger partial charge in [-0.1, -0.05) is 16.8 Å². The molecule has 0 fully saturated rings. The molecule has 2 rings (SSSR count). The summed E-state index contributed by atoms with van der Waals surface area (Å²) >= 11 is 9.14. The second-order valence-corrected chi connectivity index (χ2v) is 4.17. The molecule has 2 N–H and O–H groups in total. The Bertz CT molecular complexity index is 531. The molecule has 1 aromatic carbocycles. The molecule has 0 saturated heterocycles. The van der Waals surface area contributed by atoms with Crippen molar-refractivity contribution in [2.75, 3.05) is 0 Å². The average molecular weight is 307 g/mol. The van der Waals surface area contributed by atoms with E-state index in [1.807, 2.05) is 0 Å². The molecular formula is C9H6BrClFN3O. The minimum atomic E-state index is -0.516. The Hall–Kier alpha value is -0.980. The van der Waals surface area contributed by atoms with Gasteiger partial charge in [-0.15, -0.1) is 0 Å². The van der Waals surface area contributed by atoms with Crippen LogP contribution in [0.15, 0.2) is 21.1 Å². The van der Waals surface area contributed by atoms with Crippen molar-refractivity contribution in [2.24, 2.45) is 5.73 Å². The van der Waals surface area contributed by atoms with E-state index in [9.17, 15) is 4.39 Å². The van der Waals surface area contributed by atoms with E-state index in [0.717, 1.165) is 0 Å². The fourth-order valence-electron chi connectivity index (χ4n) is 1.17. The molecule has 0 aliphatic rings. The third kappa shape index (κ3) is 1.95. The monoisotopic (exact) mass is 305 g/mol. The standard InChI is InChI=1S/C9H6BrClFN3O/c10-4-1-2-5(12)7(8(4)11)9-14-6(3-13)16-15-9/h1-2H,3,13H2. The second kappa shape index (κ2) is 4.48. The molecule has 2 aromatic rings. The molecular weight excluding hydrogens is 300 g/mol. The number of nitrogens with zero attached hydrogens (tertiary/aromatic N) is 2. The summed E-state index contributed by atoms with van der Waals surface area (Å²) < 4.78 is 18.9. The van der Waals surface area contributed by atoms with Crippen molar-refractivity contribution < 1.29 is 8.91 Å². The Morgan fingerprint density at radius 3 is 2.88 bits per heavy atom. The van der Waals surface area contributed by atoms with Gasteiger partial charge >= 0.3 is 0 Å². The third-order valence-electron chi connectivity index (χ3n) is 1.91. The minimum Gasteiger partial charge on any atom is -0.338 e. The van der Waals surface area contributed by atoms with E-state index in [2.05, 4.69) is 26.1 Å². The summed E-state index contributed by atoms with van der Waals surface area (Å²) in [5.74, 6) is -0.202. The zero-order valence-corrected chi connectivity index (χ0v) is 10.2. The van der Waals surface area contributed by atoms with E-state index in [1.54, 1.807) is 0 Å². The Morgan fingerprint density at radius 1 is 1.50 bits per heavy atom. The third-order valence-corrected chi connectivity index (χ3v) is 3.19. The predicted molar refractivity (Wildman–Crippen MR) is 60.3 cm³/mol. The van der Waals surface area contributed by atoms with Gasteiger partial charge in [0.25, 0.3) is 0 Å². The summed E-state index contributed by atoms with van der Waals surface area (Å²) in [5.41, 5.74) is 5.41. The van der Waals surface area contributed by atoms with Gasteiger partial charge in [0.05, 0.1) is 17.1 Å². The summed E-state index contributed by atoms with van der Waals surface area (Å²) in [6, 6.07) is 2.77. The van der Waals surface area contributed by atoms with Crippen LogP contribution in [0.1, 0.15) is 5.89 Å². The van der Waals surface area contributed by atoms with E-state index in [4.69, 9.17) is 21.9 Å². The van der Waals surface area contributed by atoms with Crippen LogP contribution < -0.4 is 5.73 Å². The summed E-state index contributed by atoms with van der Waals surface area (Å²) in [6.07, 6.45) is 0. The predicted octanol–water partition coefficient (Wildman–Crippen LogP) is 2.75. The number of rotatable bonds is 2. The molecule has 0 radical (unpaired) electrons. The van der Waals surface area contributed by atoms with E-state index < -0.39 is 5.82 Å². The zero-order chi connectivity index (χ0) is 11.7. The molecule has 0 aliphatic carbocycles. The second-order valence-electron chi connectivity index (χ2n) is 2.93. The van der Waals surface area contributed by atoms with Gasteiger partial charge in [-0.05, 0) is 28.1 Å². The van der Waals surface area contributed by atoms with Gasteiger partial charge in [0.2, 0.25) is 11.7 Å². The maximum absolute atomic E-state index is 13.6. The Kier molecular flexibility index (Phi) is 3.22. The minimum absolute atomic E-state index is 0.0873. The average Bonchev–Trinajstić information content (AvgIpc) is 2.73. The first-order chi connectivity index (χ1) is 7.63. The highest BCUT2D eigenvalue weighted by Crippen LogP contribution is 2.34. The number of nitrogens with two attached hydrogens (primary N) is 1. The van der Waals surface area contributed by atoms with E-state index in [0.29, 0.717) is 4.47 Å². The first-order valence-electron chi connectivity index (χ1n) is 4.30. The number of hydrogen-bond donors (Lipinski definition) is 1. The Labute approximate surface area is 104 Å². The van der Waals surface area contributed by atoms with Crippen LogP contribution in [0.25, 0.3) is 11.4 Å². The SMILES string of the molecule is NCc1nc(-c2c(F)ccc(Br)c2Cl)no1. The molecule has 0 amide bonds. The van der Waals surface area contributed by atoms with Crippen LogP contribution in [0.5, 0.6) is 0 Å². The van der Waals surface area contributed by atoms with Gasteiger partial charge < -0.3 is 10.3 Å². The van der Waals surface area contributed by atoms with Gasteiger partial charge in [-0.3, -0.25) is 0 Å². The van der Waals surface area contributed by atoms with Crippen LogP contribution in [-0.4, -0.2) is 10.1 Å². The first kappa shape index (κ1) is 11.5. The molecule has 84 valence electrons. The smallest absolute Gasteiger partial charge is 0.240 e. The van der Waals surface area contributed by atoms with E-state index in [-0.39, 0.29) is 28.8 Å². The van der Waals surface area contributed by atoms with Crippen molar-refractivity contribution in [3.05, 3.63) is 33.3 Å². The summed E-state index contributed by atoms with van der Waals surface area (Å²) in [4.78, 5) is 3.91. The van der Waals surface area contributed by atoms with E-state index in [1.165, 1.54) is 12.1 Å². The quantitative estimate of drug-likeness (QED) is 0.867. The lowest BCUT2D eigenvalue weighted by Gasteiger charge is -2.02. The fraction of sp³-hybridized carbons (Fsp3) is 0.111. The lowest BCUT2D eigenvalue weighted by atomic mass is 10.2. The van der Waals surface area contributed by atoms with E-state index >= 15 is 0 Å². The fourth-order valence-corrected chi connectivity index (χ4v) is 1.74. The maximum Gasteiger partial charge on any atom is 0.240 e. The van der Waals surface area contributed by atoms with Crippen molar-refractivity contribution >= 4 is 27.5 Å². The first-order valence-corrected chi connectivity index (χ1v) is 5.47. The van der Waals surface area contributed by atoms with Gasteiger partial charge in [0.15, 0.2) is 0 Å². The number of halogens is 3. The maximum atomic E-state index is 13.6. The lowest BCUT2D eigenvalue weighted by molar-refractivity contribution is 0.380. The number of hydrogen-bond acceptors (Lipinski definition) is 4. The van der Waals surface area contributed by atoms with Gasteiger partial charge in [0, 0.05) is 4.47 Å². The van der Waals surface area contributed by atoms with Gasteiger partial charge in [-0.2, -0.15) is 4.98 Å². The van der Waals surface area contributed by atoms with Crippen molar-refractivity contribution in [1.82, 2.24) is 10.1 Å². The highest BCUT2D eigenvalue weighted by atomic mass is 79.9. The molecule has 1 heterocycles. The van der Waals surface area contributed by atoms with Crippen LogP contribution in [0.2, 0.25) is 5.02 Å².